The van der Waals surface area contributed by atoms with Gasteiger partial charge >= 0.3 is 0 Å². The highest BCUT2D eigenvalue weighted by atomic mass is 19.1. The number of nitrogens with zero attached hydrogens (tertiary/aromatic N) is 1. The molecule has 8 heteroatoms. The zero-order chi connectivity index (χ0) is 16.2. The average Bonchev–Trinajstić information content (AvgIpc) is 2.34. The molecule has 1 rings (SSSR count). The highest BCUT2D eigenvalue weighted by molar-refractivity contribution is 5.97. The topological polar surface area (TPSA) is 96.0 Å². The number of nitrogens with two attached hydrogens (primary N) is 1. The minimum atomic E-state index is -1.40. The van der Waals surface area contributed by atoms with Crippen LogP contribution in [0, 0.1) is 34.7 Å². The number of halogens is 3. The molecule has 0 unspecified atom stereocenters. The monoisotopic (exact) mass is 299 g/mol. The zero-order valence-electron chi connectivity index (χ0n) is 11.0. The van der Waals surface area contributed by atoms with E-state index in [0.717, 1.165) is 0 Å². The van der Waals surface area contributed by atoms with Crippen LogP contribution < -0.4 is 11.1 Å². The molecule has 0 fully saturated rings. The summed E-state index contributed by atoms with van der Waals surface area (Å²) in [6.07, 6.45) is -0.0950. The van der Waals surface area contributed by atoms with Crippen molar-refractivity contribution in [1.82, 2.24) is 5.32 Å². The number of carbonyl (C=O) groups is 2. The number of rotatable bonds is 5. The predicted molar refractivity (Wildman–Crippen MR) is 66.2 cm³/mol. The fourth-order valence-corrected chi connectivity index (χ4v) is 1.73. The molecule has 0 aliphatic carbocycles. The maximum absolute atomic E-state index is 13.5. The number of hydrogen-bond donors (Lipinski definition) is 2. The van der Waals surface area contributed by atoms with Crippen LogP contribution in [0.15, 0.2) is 12.1 Å². The van der Waals surface area contributed by atoms with Crippen LogP contribution in [0.2, 0.25) is 0 Å². The SMILES string of the molecule is C[C@H](CC#N)[C@@H](NC(=O)c1c(F)cc(F)cc1F)C(N)=O. The second kappa shape index (κ2) is 6.74. The van der Waals surface area contributed by atoms with Gasteiger partial charge in [0, 0.05) is 18.6 Å². The van der Waals surface area contributed by atoms with Gasteiger partial charge in [-0.1, -0.05) is 6.92 Å². The summed E-state index contributed by atoms with van der Waals surface area (Å²) in [5, 5.41) is 10.6. The van der Waals surface area contributed by atoms with Crippen molar-refractivity contribution >= 4 is 11.8 Å². The van der Waals surface area contributed by atoms with Crippen molar-refractivity contribution in [3.63, 3.8) is 0 Å². The van der Waals surface area contributed by atoms with Crippen molar-refractivity contribution in [3.8, 4) is 6.07 Å². The standard InChI is InChI=1S/C13H12F3N3O2/c1-6(2-3-17)11(12(18)20)19-13(21)10-8(15)4-7(14)5-9(10)16/h4-6,11H,2H2,1H3,(H2,18,20)(H,19,21)/t6-,11-/m1/s1. The number of nitriles is 1. The van der Waals surface area contributed by atoms with Crippen LogP contribution in [0.5, 0.6) is 0 Å². The quantitative estimate of drug-likeness (QED) is 0.856. The number of primary amides is 1. The first-order valence-corrected chi connectivity index (χ1v) is 5.89. The number of hydrogen-bond acceptors (Lipinski definition) is 3. The Balaban J connectivity index is 3.04. The second-order valence-electron chi connectivity index (χ2n) is 4.44. The maximum atomic E-state index is 13.5. The molecule has 0 spiro atoms. The Labute approximate surface area is 118 Å². The lowest BCUT2D eigenvalue weighted by molar-refractivity contribution is -0.120. The van der Waals surface area contributed by atoms with E-state index >= 15 is 0 Å². The molecule has 1 aromatic carbocycles. The molecule has 0 aliphatic rings. The number of amides is 2. The predicted octanol–water partition coefficient (Wildman–Crippen LogP) is 1.24. The molecule has 2 atom stereocenters. The van der Waals surface area contributed by atoms with E-state index in [9.17, 15) is 22.8 Å². The van der Waals surface area contributed by atoms with E-state index in [1.54, 1.807) is 6.07 Å². The summed E-state index contributed by atoms with van der Waals surface area (Å²) in [6.45, 7) is 1.47. The summed E-state index contributed by atoms with van der Waals surface area (Å²) in [6, 6.07) is 1.20. The molecule has 0 aromatic heterocycles. The van der Waals surface area contributed by atoms with Crippen molar-refractivity contribution in [2.45, 2.75) is 19.4 Å². The molecule has 21 heavy (non-hydrogen) atoms. The van der Waals surface area contributed by atoms with Gasteiger partial charge in [0.15, 0.2) is 0 Å². The molecule has 1 aromatic rings. The minimum Gasteiger partial charge on any atom is -0.368 e. The number of benzene rings is 1. The van der Waals surface area contributed by atoms with Crippen LogP contribution in [0.3, 0.4) is 0 Å². The Morgan fingerprint density at radius 2 is 1.86 bits per heavy atom. The molecule has 2 amide bonds. The fraction of sp³-hybridized carbons (Fsp3) is 0.308. The van der Waals surface area contributed by atoms with E-state index in [1.165, 1.54) is 6.92 Å². The maximum Gasteiger partial charge on any atom is 0.257 e. The van der Waals surface area contributed by atoms with Crippen molar-refractivity contribution in [1.29, 1.82) is 5.26 Å². The third-order valence-corrected chi connectivity index (χ3v) is 2.81. The van der Waals surface area contributed by atoms with Gasteiger partial charge in [-0.05, 0) is 5.92 Å². The van der Waals surface area contributed by atoms with Crippen molar-refractivity contribution < 1.29 is 22.8 Å². The van der Waals surface area contributed by atoms with Gasteiger partial charge in [-0.15, -0.1) is 0 Å². The number of carbonyl (C=O) groups excluding carboxylic acids is 2. The lowest BCUT2D eigenvalue weighted by atomic mass is 9.98. The van der Waals surface area contributed by atoms with Crippen LogP contribution in [-0.2, 0) is 4.79 Å². The highest BCUT2D eigenvalue weighted by Crippen LogP contribution is 2.16. The minimum absolute atomic E-state index is 0.0950. The van der Waals surface area contributed by atoms with Crippen molar-refractivity contribution in [2.75, 3.05) is 0 Å². The molecular formula is C13H12F3N3O2. The molecule has 0 saturated carbocycles. The third-order valence-electron chi connectivity index (χ3n) is 2.81. The Kier molecular flexibility index (Phi) is 5.30. The summed E-state index contributed by atoms with van der Waals surface area (Å²) in [4.78, 5) is 23.1. The smallest absolute Gasteiger partial charge is 0.257 e. The largest absolute Gasteiger partial charge is 0.368 e. The summed E-state index contributed by atoms with van der Waals surface area (Å²) in [7, 11) is 0. The first kappa shape index (κ1) is 16.5. The summed E-state index contributed by atoms with van der Waals surface area (Å²) in [5.41, 5.74) is 4.06. The lowest BCUT2D eigenvalue weighted by Gasteiger charge is -2.20. The molecule has 112 valence electrons. The van der Waals surface area contributed by atoms with Crippen LogP contribution in [0.1, 0.15) is 23.7 Å². The Bertz CT molecular complexity index is 590. The van der Waals surface area contributed by atoms with Crippen molar-refractivity contribution in [3.05, 3.63) is 35.1 Å². The van der Waals surface area contributed by atoms with Crippen molar-refractivity contribution in [2.24, 2.45) is 11.7 Å². The Morgan fingerprint density at radius 3 is 2.29 bits per heavy atom. The summed E-state index contributed by atoms with van der Waals surface area (Å²) < 4.78 is 39.7. The Hall–Kier alpha value is -2.56. The fourth-order valence-electron chi connectivity index (χ4n) is 1.73. The van der Waals surface area contributed by atoms with Crippen LogP contribution in [-0.4, -0.2) is 17.9 Å². The van der Waals surface area contributed by atoms with E-state index < -0.39 is 46.8 Å². The van der Waals surface area contributed by atoms with Gasteiger partial charge in [0.2, 0.25) is 5.91 Å². The second-order valence-corrected chi connectivity index (χ2v) is 4.44. The molecule has 0 aliphatic heterocycles. The first-order chi connectivity index (χ1) is 9.77. The van der Waals surface area contributed by atoms with E-state index in [2.05, 4.69) is 5.32 Å². The molecule has 3 N–H and O–H groups in total. The lowest BCUT2D eigenvalue weighted by Crippen LogP contribution is -2.48. The van der Waals surface area contributed by atoms with Crippen LogP contribution >= 0.6 is 0 Å². The van der Waals surface area contributed by atoms with E-state index in [0.29, 0.717) is 12.1 Å². The molecule has 0 saturated heterocycles. The molecule has 5 nitrogen and oxygen atoms in total. The summed E-state index contributed by atoms with van der Waals surface area (Å²) in [5.74, 6) is -6.83. The average molecular weight is 299 g/mol. The molecule has 0 radical (unpaired) electrons. The van der Waals surface area contributed by atoms with E-state index in [-0.39, 0.29) is 6.42 Å². The van der Waals surface area contributed by atoms with E-state index in [1.807, 2.05) is 0 Å². The normalized spacial score (nSPS) is 13.1. The van der Waals surface area contributed by atoms with E-state index in [4.69, 9.17) is 11.0 Å². The van der Waals surface area contributed by atoms with Crippen LogP contribution in [0.4, 0.5) is 13.2 Å². The van der Waals surface area contributed by atoms with Gasteiger partial charge in [0.1, 0.15) is 29.1 Å². The third kappa shape index (κ3) is 3.95. The Morgan fingerprint density at radius 1 is 1.33 bits per heavy atom. The first-order valence-electron chi connectivity index (χ1n) is 5.89. The molecule has 0 bridgehead atoms. The van der Waals surface area contributed by atoms with Gasteiger partial charge < -0.3 is 11.1 Å². The highest BCUT2D eigenvalue weighted by Gasteiger charge is 2.28. The van der Waals surface area contributed by atoms with Gasteiger partial charge in [-0.3, -0.25) is 9.59 Å². The van der Waals surface area contributed by atoms with Gasteiger partial charge in [-0.25, -0.2) is 13.2 Å². The summed E-state index contributed by atoms with van der Waals surface area (Å²) >= 11 is 0. The number of nitrogens with one attached hydrogen (secondary N) is 1. The zero-order valence-corrected chi connectivity index (χ0v) is 11.0. The molecular weight excluding hydrogens is 287 g/mol. The van der Waals surface area contributed by atoms with Crippen LogP contribution in [0.25, 0.3) is 0 Å². The van der Waals surface area contributed by atoms with Gasteiger partial charge in [0.25, 0.3) is 5.91 Å². The van der Waals surface area contributed by atoms with Gasteiger partial charge in [-0.2, -0.15) is 5.26 Å². The van der Waals surface area contributed by atoms with Gasteiger partial charge in [0.05, 0.1) is 6.07 Å². The molecule has 0 heterocycles.